The van der Waals surface area contributed by atoms with E-state index in [2.05, 4.69) is 5.32 Å². The molecule has 43 heavy (non-hydrogen) atoms. The van der Waals surface area contributed by atoms with E-state index in [9.17, 15) is 41.0 Å². The maximum absolute atomic E-state index is 13.4. The molecule has 2 aromatic carbocycles. The summed E-state index contributed by atoms with van der Waals surface area (Å²) in [5, 5.41) is 12.6. The highest BCUT2D eigenvalue weighted by molar-refractivity contribution is 6.07. The summed E-state index contributed by atoms with van der Waals surface area (Å²) in [6, 6.07) is 7.60. The second-order valence-electron chi connectivity index (χ2n) is 11.0. The largest absolute Gasteiger partial charge is 0.493 e. The molecule has 1 unspecified atom stereocenters. The van der Waals surface area contributed by atoms with Crippen molar-refractivity contribution in [2.45, 2.75) is 89.9 Å². The number of hydrogen-bond acceptors (Lipinski definition) is 5. The van der Waals surface area contributed by atoms with Crippen LogP contribution in [0.25, 0.3) is 0 Å². The van der Waals surface area contributed by atoms with E-state index in [1.807, 2.05) is 13.8 Å². The standard InChI is InChI=1S/C30H36F6N2O5/c1-6-9-20-17-22(28(41,29(31,32)33)30(34,35)36)16-19(4)24(20)42-15-8-7-14-38-25(39)27(5,37-26(38)40)21-10-12-23(13-11-21)43-18(2)3/h10-13,16-18,41H,6-9,14-15H2,1-5H3,(H,37,40). The molecule has 0 aromatic heterocycles. The van der Waals surface area contributed by atoms with Crippen LogP contribution in [0, 0.1) is 6.92 Å². The van der Waals surface area contributed by atoms with Gasteiger partial charge in [0.05, 0.1) is 12.7 Å². The molecule has 2 N–H and O–H groups in total. The number of carbonyl (C=O) groups is 2. The number of halogens is 6. The number of imide groups is 1. The number of amides is 3. The van der Waals surface area contributed by atoms with Crippen molar-refractivity contribution in [2.24, 2.45) is 0 Å². The monoisotopic (exact) mass is 618 g/mol. The molecule has 238 valence electrons. The van der Waals surface area contributed by atoms with Gasteiger partial charge < -0.3 is 19.9 Å². The Morgan fingerprint density at radius 3 is 2.14 bits per heavy atom. The molecule has 0 bridgehead atoms. The van der Waals surface area contributed by atoms with Crippen molar-refractivity contribution in [3.63, 3.8) is 0 Å². The molecule has 1 saturated heterocycles. The lowest BCUT2D eigenvalue weighted by Crippen LogP contribution is -2.54. The van der Waals surface area contributed by atoms with Gasteiger partial charge in [-0.3, -0.25) is 9.69 Å². The van der Waals surface area contributed by atoms with Crippen LogP contribution in [0.2, 0.25) is 0 Å². The number of nitrogens with one attached hydrogen (secondary N) is 1. The number of unbranched alkanes of at least 4 members (excludes halogenated alkanes) is 1. The lowest BCUT2D eigenvalue weighted by Gasteiger charge is -2.33. The van der Waals surface area contributed by atoms with Crippen molar-refractivity contribution in [1.82, 2.24) is 10.2 Å². The maximum Gasteiger partial charge on any atom is 0.430 e. The molecule has 1 fully saturated rings. The topological polar surface area (TPSA) is 88.1 Å². The third kappa shape index (κ3) is 6.86. The van der Waals surface area contributed by atoms with Gasteiger partial charge >= 0.3 is 18.4 Å². The van der Waals surface area contributed by atoms with Crippen LogP contribution in [0.3, 0.4) is 0 Å². The van der Waals surface area contributed by atoms with Crippen molar-refractivity contribution in [3.8, 4) is 11.5 Å². The fourth-order valence-electron chi connectivity index (χ4n) is 4.99. The summed E-state index contributed by atoms with van der Waals surface area (Å²) in [5.41, 5.74) is -6.95. The van der Waals surface area contributed by atoms with Crippen molar-refractivity contribution in [2.75, 3.05) is 13.2 Å². The van der Waals surface area contributed by atoms with E-state index >= 15 is 0 Å². The first-order chi connectivity index (χ1) is 19.9. The highest BCUT2D eigenvalue weighted by Crippen LogP contribution is 2.51. The highest BCUT2D eigenvalue weighted by Gasteiger charge is 2.71. The second kappa shape index (κ2) is 12.6. The molecule has 2 aromatic rings. The summed E-state index contributed by atoms with van der Waals surface area (Å²) in [6.07, 6.45) is -10.8. The Hall–Kier alpha value is -3.48. The summed E-state index contributed by atoms with van der Waals surface area (Å²) in [7, 11) is 0. The van der Waals surface area contributed by atoms with Crippen LogP contribution in [0.15, 0.2) is 36.4 Å². The molecule has 13 heteroatoms. The molecule has 0 radical (unpaired) electrons. The number of benzene rings is 2. The molecule has 3 rings (SSSR count). The van der Waals surface area contributed by atoms with Gasteiger partial charge in [-0.25, -0.2) is 4.79 Å². The minimum absolute atomic E-state index is 0.00236. The van der Waals surface area contributed by atoms with E-state index in [-0.39, 0.29) is 42.6 Å². The molecule has 0 aliphatic carbocycles. The van der Waals surface area contributed by atoms with E-state index < -0.39 is 41.0 Å². The van der Waals surface area contributed by atoms with Gasteiger partial charge in [0, 0.05) is 12.1 Å². The lowest BCUT2D eigenvalue weighted by atomic mass is 9.88. The lowest BCUT2D eigenvalue weighted by molar-refractivity contribution is -0.376. The van der Waals surface area contributed by atoms with Crippen LogP contribution in [0.4, 0.5) is 31.1 Å². The molecule has 0 spiro atoms. The molecular weight excluding hydrogens is 582 g/mol. The number of rotatable bonds is 12. The van der Waals surface area contributed by atoms with Gasteiger partial charge in [0.2, 0.25) is 0 Å². The average molecular weight is 619 g/mol. The minimum Gasteiger partial charge on any atom is -0.493 e. The van der Waals surface area contributed by atoms with Crippen LogP contribution < -0.4 is 14.8 Å². The number of urea groups is 1. The summed E-state index contributed by atoms with van der Waals surface area (Å²) in [6.45, 7) is 8.48. The van der Waals surface area contributed by atoms with Crippen molar-refractivity contribution in [3.05, 3.63) is 58.7 Å². The summed E-state index contributed by atoms with van der Waals surface area (Å²) in [4.78, 5) is 26.9. The maximum atomic E-state index is 13.4. The first-order valence-electron chi connectivity index (χ1n) is 13.9. The van der Waals surface area contributed by atoms with E-state index in [0.29, 0.717) is 42.7 Å². The number of nitrogens with zero attached hydrogens (tertiary/aromatic N) is 1. The van der Waals surface area contributed by atoms with Gasteiger partial charge in [0.15, 0.2) is 0 Å². The minimum atomic E-state index is -6.00. The molecule has 3 amide bonds. The fourth-order valence-corrected chi connectivity index (χ4v) is 4.99. The van der Waals surface area contributed by atoms with Crippen LogP contribution in [-0.4, -0.2) is 53.6 Å². The number of alkyl halides is 6. The van der Waals surface area contributed by atoms with Gasteiger partial charge in [0.1, 0.15) is 17.0 Å². The summed E-state index contributed by atoms with van der Waals surface area (Å²) < 4.78 is 92.1. The van der Waals surface area contributed by atoms with E-state index in [1.165, 1.54) is 6.92 Å². The zero-order valence-corrected chi connectivity index (χ0v) is 24.6. The number of aryl methyl sites for hydroxylation is 2. The fraction of sp³-hybridized carbons (Fsp3) is 0.533. The van der Waals surface area contributed by atoms with E-state index in [4.69, 9.17) is 9.47 Å². The Kier molecular flexibility index (Phi) is 9.99. The van der Waals surface area contributed by atoms with Crippen molar-refractivity contribution in [1.29, 1.82) is 0 Å². The SMILES string of the molecule is CCCc1cc(C(O)(C(F)(F)F)C(F)(F)F)cc(C)c1OCCCCN1C(=O)NC(C)(c2ccc(OC(C)C)cc2)C1=O. The smallest absolute Gasteiger partial charge is 0.430 e. The molecule has 7 nitrogen and oxygen atoms in total. The number of aliphatic hydroxyl groups is 1. The van der Waals surface area contributed by atoms with Gasteiger partial charge in [0.25, 0.3) is 11.5 Å². The zero-order chi connectivity index (χ0) is 32.4. The number of hydrogen-bond donors (Lipinski definition) is 2. The Labute approximate surface area is 246 Å². The van der Waals surface area contributed by atoms with E-state index in [0.717, 1.165) is 4.90 Å². The molecular formula is C30H36F6N2O5. The molecule has 1 aliphatic rings. The molecule has 0 saturated carbocycles. The van der Waals surface area contributed by atoms with Gasteiger partial charge in [-0.15, -0.1) is 0 Å². The van der Waals surface area contributed by atoms with Gasteiger partial charge in [-0.05, 0) is 87.9 Å². The highest BCUT2D eigenvalue weighted by atomic mass is 19.4. The summed E-state index contributed by atoms with van der Waals surface area (Å²) >= 11 is 0. The Bertz CT molecular complexity index is 1300. The predicted molar refractivity (Wildman–Crippen MR) is 146 cm³/mol. The molecule has 1 atom stereocenters. The molecule has 1 aliphatic heterocycles. The first kappa shape index (κ1) is 34.0. The third-order valence-electron chi connectivity index (χ3n) is 7.21. The van der Waals surface area contributed by atoms with Gasteiger partial charge in [-0.1, -0.05) is 25.5 Å². The Balaban J connectivity index is 1.67. The van der Waals surface area contributed by atoms with Crippen molar-refractivity contribution < 1.29 is 50.5 Å². The van der Waals surface area contributed by atoms with Crippen LogP contribution in [0.1, 0.15) is 69.2 Å². The van der Waals surface area contributed by atoms with E-state index in [1.54, 1.807) is 38.1 Å². The predicted octanol–water partition coefficient (Wildman–Crippen LogP) is 6.67. The van der Waals surface area contributed by atoms with Crippen LogP contribution >= 0.6 is 0 Å². The van der Waals surface area contributed by atoms with Gasteiger partial charge in [-0.2, -0.15) is 26.3 Å². The molecule has 1 heterocycles. The van der Waals surface area contributed by atoms with Crippen LogP contribution in [0.5, 0.6) is 11.5 Å². The Morgan fingerprint density at radius 1 is 1.00 bits per heavy atom. The number of ether oxygens (including phenoxy) is 2. The average Bonchev–Trinajstić information content (AvgIpc) is 3.11. The van der Waals surface area contributed by atoms with Crippen LogP contribution in [-0.2, 0) is 22.4 Å². The quantitative estimate of drug-likeness (QED) is 0.158. The third-order valence-corrected chi connectivity index (χ3v) is 7.21. The summed E-state index contributed by atoms with van der Waals surface area (Å²) in [5.74, 6) is 0.318. The Morgan fingerprint density at radius 2 is 1.60 bits per heavy atom. The normalized spacial score (nSPS) is 17.9. The zero-order valence-electron chi connectivity index (χ0n) is 24.6. The van der Waals surface area contributed by atoms with Crippen molar-refractivity contribution >= 4 is 11.9 Å². The number of carbonyl (C=O) groups excluding carboxylic acids is 2. The second-order valence-corrected chi connectivity index (χ2v) is 11.0. The first-order valence-corrected chi connectivity index (χ1v) is 13.9.